The average molecular weight is 419 g/mol. The number of carbonyl (C=O) groups excluding carboxylic acids is 1. The lowest BCUT2D eigenvalue weighted by molar-refractivity contribution is -0.129. The van der Waals surface area contributed by atoms with Gasteiger partial charge >= 0.3 is 0 Å². The number of rotatable bonds is 4. The summed E-state index contributed by atoms with van der Waals surface area (Å²) >= 11 is 1.29. The predicted octanol–water partition coefficient (Wildman–Crippen LogP) is 4.51. The Balaban J connectivity index is 1.25. The minimum absolute atomic E-state index is 0.0853. The molecule has 0 spiro atoms. The Bertz CT molecular complexity index is 1220. The van der Waals surface area contributed by atoms with E-state index in [1.165, 1.54) is 28.4 Å². The van der Waals surface area contributed by atoms with Gasteiger partial charge in [-0.25, -0.2) is 0 Å². The highest BCUT2D eigenvalue weighted by atomic mass is 32.2. The largest absolute Gasteiger partial charge is 0.411 e. The summed E-state index contributed by atoms with van der Waals surface area (Å²) < 4.78 is 5.78. The highest BCUT2D eigenvalue weighted by Gasteiger charge is 2.24. The number of nitrogens with one attached hydrogen (secondary N) is 1. The van der Waals surface area contributed by atoms with E-state index in [1.54, 1.807) is 0 Å². The summed E-state index contributed by atoms with van der Waals surface area (Å²) in [6.45, 7) is 5.44. The van der Waals surface area contributed by atoms with Crippen molar-refractivity contribution >= 4 is 28.6 Å². The molecule has 1 amide bonds. The van der Waals surface area contributed by atoms with Crippen LogP contribution < -0.4 is 0 Å². The smallest absolute Gasteiger partial charge is 0.277 e. The number of benzene rings is 2. The highest BCUT2D eigenvalue weighted by molar-refractivity contribution is 7.99. The molecule has 7 heteroatoms. The molecular weight excluding hydrogens is 396 g/mol. The molecule has 5 rings (SSSR count). The number of carbonyl (C=O) groups is 1. The number of hydrogen-bond acceptors (Lipinski definition) is 5. The van der Waals surface area contributed by atoms with Gasteiger partial charge in [-0.1, -0.05) is 47.2 Å². The van der Waals surface area contributed by atoms with E-state index in [9.17, 15) is 4.79 Å². The van der Waals surface area contributed by atoms with Crippen LogP contribution in [0.4, 0.5) is 0 Å². The van der Waals surface area contributed by atoms with Crippen molar-refractivity contribution in [2.24, 2.45) is 0 Å². The predicted molar refractivity (Wildman–Crippen MR) is 117 cm³/mol. The summed E-state index contributed by atoms with van der Waals surface area (Å²) in [7, 11) is 0. The number of fused-ring (bicyclic) bond motifs is 3. The fraction of sp³-hybridized carbons (Fsp3) is 0.261. The van der Waals surface area contributed by atoms with Crippen molar-refractivity contribution in [3.05, 3.63) is 64.8 Å². The maximum absolute atomic E-state index is 12.8. The maximum atomic E-state index is 12.8. The molecule has 1 aliphatic rings. The monoisotopic (exact) mass is 418 g/mol. The van der Waals surface area contributed by atoms with E-state index in [0.717, 1.165) is 35.2 Å². The Morgan fingerprint density at radius 2 is 1.97 bits per heavy atom. The minimum atomic E-state index is 0.0853. The quantitative estimate of drug-likeness (QED) is 0.494. The lowest BCUT2D eigenvalue weighted by Crippen LogP contribution is -2.36. The van der Waals surface area contributed by atoms with Gasteiger partial charge in [0.05, 0.1) is 5.75 Å². The van der Waals surface area contributed by atoms with Crippen LogP contribution in [0.1, 0.15) is 22.4 Å². The number of aryl methyl sites for hydroxylation is 2. The molecule has 0 aliphatic carbocycles. The Morgan fingerprint density at radius 3 is 2.80 bits per heavy atom. The number of H-pyrrole nitrogens is 1. The summed E-state index contributed by atoms with van der Waals surface area (Å²) in [5.74, 6) is 0.854. The standard InChI is InChI=1S/C23H22N4O2S/c1-14-9-15(2)11-16(10-14)22-25-26-23(29-22)30-13-21(28)27-8-7-20-18(12-27)17-5-3-4-6-19(17)24-20/h3-6,9-11,24H,7-8,12-13H2,1-2H3. The van der Waals surface area contributed by atoms with Crippen LogP contribution in [-0.4, -0.2) is 38.3 Å². The second-order valence-electron chi connectivity index (χ2n) is 7.73. The first-order valence-corrected chi connectivity index (χ1v) is 11.0. The van der Waals surface area contributed by atoms with E-state index in [4.69, 9.17) is 4.42 Å². The first-order valence-electron chi connectivity index (χ1n) is 9.98. The molecule has 0 atom stereocenters. The molecular formula is C23H22N4O2S. The van der Waals surface area contributed by atoms with Crippen LogP contribution >= 0.6 is 11.8 Å². The number of amides is 1. The van der Waals surface area contributed by atoms with E-state index in [0.29, 0.717) is 17.7 Å². The SMILES string of the molecule is Cc1cc(C)cc(-c2nnc(SCC(=O)N3CCc4[nH]c5ccccc5c4C3)o2)c1. The molecule has 1 N–H and O–H groups in total. The van der Waals surface area contributed by atoms with E-state index in [1.807, 2.05) is 43.0 Å². The van der Waals surface area contributed by atoms with Crippen molar-refractivity contribution in [2.75, 3.05) is 12.3 Å². The van der Waals surface area contributed by atoms with Crippen LogP contribution in [-0.2, 0) is 17.8 Å². The van der Waals surface area contributed by atoms with Crippen LogP contribution in [0.5, 0.6) is 0 Å². The fourth-order valence-corrected chi connectivity index (χ4v) is 4.74. The van der Waals surface area contributed by atoms with Gasteiger partial charge in [0, 0.05) is 47.2 Å². The minimum Gasteiger partial charge on any atom is -0.411 e. The lowest BCUT2D eigenvalue weighted by atomic mass is 10.0. The summed E-state index contributed by atoms with van der Waals surface area (Å²) in [5.41, 5.74) is 6.80. The van der Waals surface area contributed by atoms with Gasteiger partial charge in [-0.2, -0.15) is 0 Å². The third kappa shape index (κ3) is 3.61. The maximum Gasteiger partial charge on any atom is 0.277 e. The van der Waals surface area contributed by atoms with E-state index >= 15 is 0 Å². The van der Waals surface area contributed by atoms with Gasteiger partial charge in [-0.05, 0) is 32.0 Å². The molecule has 0 saturated heterocycles. The molecule has 2 aromatic heterocycles. The summed E-state index contributed by atoms with van der Waals surface area (Å²) in [6, 6.07) is 14.4. The number of nitrogens with zero attached hydrogens (tertiary/aromatic N) is 3. The van der Waals surface area contributed by atoms with Crippen molar-refractivity contribution in [2.45, 2.75) is 32.0 Å². The van der Waals surface area contributed by atoms with Gasteiger partial charge in [-0.15, -0.1) is 10.2 Å². The van der Waals surface area contributed by atoms with Crippen molar-refractivity contribution in [1.29, 1.82) is 0 Å². The molecule has 0 bridgehead atoms. The van der Waals surface area contributed by atoms with E-state index in [2.05, 4.69) is 33.4 Å². The highest BCUT2D eigenvalue weighted by Crippen LogP contribution is 2.29. The topological polar surface area (TPSA) is 75.0 Å². The van der Waals surface area contributed by atoms with Crippen molar-refractivity contribution in [3.8, 4) is 11.5 Å². The van der Waals surface area contributed by atoms with Crippen molar-refractivity contribution in [1.82, 2.24) is 20.1 Å². The Hall–Kier alpha value is -3.06. The van der Waals surface area contributed by atoms with Gasteiger partial charge in [0.25, 0.3) is 5.22 Å². The van der Waals surface area contributed by atoms with Gasteiger partial charge in [0.2, 0.25) is 11.8 Å². The van der Waals surface area contributed by atoms with Crippen LogP contribution in [0.2, 0.25) is 0 Å². The number of aromatic nitrogens is 3. The van der Waals surface area contributed by atoms with Gasteiger partial charge in [0.1, 0.15) is 0 Å². The second kappa shape index (κ2) is 7.65. The molecule has 1 aliphatic heterocycles. The normalized spacial score (nSPS) is 13.6. The summed E-state index contributed by atoms with van der Waals surface area (Å²) in [6.07, 6.45) is 0.845. The number of thioether (sulfide) groups is 1. The van der Waals surface area contributed by atoms with Crippen LogP contribution in [0.25, 0.3) is 22.4 Å². The van der Waals surface area contributed by atoms with E-state index < -0.39 is 0 Å². The molecule has 0 unspecified atom stereocenters. The molecule has 30 heavy (non-hydrogen) atoms. The molecule has 0 saturated carbocycles. The Kier molecular flexibility index (Phi) is 4.83. The van der Waals surface area contributed by atoms with Crippen LogP contribution in [0, 0.1) is 13.8 Å². The van der Waals surface area contributed by atoms with Gasteiger partial charge in [-0.3, -0.25) is 4.79 Å². The molecule has 3 heterocycles. The second-order valence-corrected chi connectivity index (χ2v) is 8.66. The van der Waals surface area contributed by atoms with E-state index in [-0.39, 0.29) is 11.7 Å². The zero-order chi connectivity index (χ0) is 20.7. The molecule has 0 fully saturated rings. The molecule has 6 nitrogen and oxygen atoms in total. The van der Waals surface area contributed by atoms with Crippen molar-refractivity contribution in [3.63, 3.8) is 0 Å². The zero-order valence-electron chi connectivity index (χ0n) is 16.9. The summed E-state index contributed by atoms with van der Waals surface area (Å²) in [5, 5.41) is 9.88. The van der Waals surface area contributed by atoms with Gasteiger partial charge < -0.3 is 14.3 Å². The molecule has 0 radical (unpaired) electrons. The molecule has 152 valence electrons. The van der Waals surface area contributed by atoms with Crippen molar-refractivity contribution < 1.29 is 9.21 Å². The summed E-state index contributed by atoms with van der Waals surface area (Å²) in [4.78, 5) is 18.2. The number of hydrogen-bond donors (Lipinski definition) is 1. The first kappa shape index (κ1) is 18.9. The number of para-hydroxylation sites is 1. The Labute approximate surface area is 178 Å². The lowest BCUT2D eigenvalue weighted by Gasteiger charge is -2.27. The zero-order valence-corrected chi connectivity index (χ0v) is 17.8. The van der Waals surface area contributed by atoms with Gasteiger partial charge in [0.15, 0.2) is 0 Å². The van der Waals surface area contributed by atoms with Crippen LogP contribution in [0.3, 0.4) is 0 Å². The molecule has 4 aromatic rings. The fourth-order valence-electron chi connectivity index (χ4n) is 4.08. The molecule has 2 aromatic carbocycles. The average Bonchev–Trinajstić information content (AvgIpc) is 3.35. The first-order chi connectivity index (χ1) is 14.6. The van der Waals surface area contributed by atoms with Crippen LogP contribution in [0.15, 0.2) is 52.1 Å². The number of aromatic amines is 1. The third-order valence-corrected chi connectivity index (χ3v) is 6.23. The Morgan fingerprint density at radius 1 is 1.17 bits per heavy atom. The third-order valence-electron chi connectivity index (χ3n) is 5.43.